The fraction of sp³-hybridized carbons (Fsp3) is 0. The number of aromatic nitrogens is 5. The number of rotatable bonds is 4. The van der Waals surface area contributed by atoms with Gasteiger partial charge in [-0.05, 0) is 54.1 Å². The Kier molecular flexibility index (Phi) is 5.38. The predicted molar refractivity (Wildman–Crippen MR) is 166 cm³/mol. The molecular weight excluding hydrogens is 502 g/mol. The highest BCUT2D eigenvalue weighted by atomic mass is 15.1. The highest BCUT2D eigenvalue weighted by molar-refractivity contribution is 6.06. The molecule has 5 aromatic heterocycles. The summed E-state index contributed by atoms with van der Waals surface area (Å²) in [4.78, 5) is 19.6. The first kappa shape index (κ1) is 23.2. The Bertz CT molecular complexity index is 2170. The van der Waals surface area contributed by atoms with Crippen LogP contribution in [-0.2, 0) is 0 Å². The van der Waals surface area contributed by atoms with Crippen molar-refractivity contribution < 1.29 is 0 Å². The van der Waals surface area contributed by atoms with E-state index in [0.29, 0.717) is 0 Å². The summed E-state index contributed by atoms with van der Waals surface area (Å²) in [6.45, 7) is 0. The van der Waals surface area contributed by atoms with Gasteiger partial charge in [0.15, 0.2) is 0 Å². The van der Waals surface area contributed by atoms with Crippen LogP contribution in [-0.4, -0.2) is 24.5 Å². The van der Waals surface area contributed by atoms with Crippen molar-refractivity contribution in [2.75, 3.05) is 0 Å². The summed E-state index contributed by atoms with van der Waals surface area (Å²) in [7, 11) is 0. The summed E-state index contributed by atoms with van der Waals surface area (Å²) in [6, 6.07) is 43.4. The normalized spacial score (nSPS) is 11.4. The molecule has 0 N–H and O–H groups in total. The molecule has 3 aromatic carbocycles. The van der Waals surface area contributed by atoms with Crippen LogP contribution in [0, 0.1) is 0 Å². The average Bonchev–Trinajstić information content (AvgIpc) is 3.39. The summed E-state index contributed by atoms with van der Waals surface area (Å²) >= 11 is 0. The minimum atomic E-state index is 0.809. The van der Waals surface area contributed by atoms with E-state index in [9.17, 15) is 0 Å². The molecule has 0 aliphatic rings. The standard InChI is InChI=1S/C36H23N5/c1-2-13-26(25(12-1)27-15-5-10-24-11-8-22-37-35(24)27)29-16-6-17-30(39-29)31-18-7-21-34(40-31)41-32-19-4-3-14-28(32)36-33(41)20-9-23-38-36/h1-23H. The maximum absolute atomic E-state index is 5.12. The van der Waals surface area contributed by atoms with Crippen molar-refractivity contribution in [2.45, 2.75) is 0 Å². The molecule has 0 amide bonds. The van der Waals surface area contributed by atoms with Crippen molar-refractivity contribution in [3.63, 3.8) is 0 Å². The van der Waals surface area contributed by atoms with Crippen LogP contribution in [0.2, 0.25) is 0 Å². The quantitative estimate of drug-likeness (QED) is 0.231. The first-order valence-electron chi connectivity index (χ1n) is 13.6. The van der Waals surface area contributed by atoms with E-state index in [1.807, 2.05) is 54.9 Å². The minimum Gasteiger partial charge on any atom is -0.292 e. The second kappa shape index (κ2) is 9.50. The molecular formula is C36H23N5. The lowest BCUT2D eigenvalue weighted by atomic mass is 9.95. The Morgan fingerprint density at radius 3 is 1.98 bits per heavy atom. The Labute approximate surface area is 236 Å². The molecule has 0 aliphatic carbocycles. The maximum Gasteiger partial charge on any atom is 0.138 e. The van der Waals surface area contributed by atoms with Crippen LogP contribution in [0.3, 0.4) is 0 Å². The molecule has 0 bridgehead atoms. The van der Waals surface area contributed by atoms with Crippen LogP contribution in [0.5, 0.6) is 0 Å². The van der Waals surface area contributed by atoms with Crippen molar-refractivity contribution in [1.82, 2.24) is 24.5 Å². The number of pyridine rings is 4. The number of fused-ring (bicyclic) bond motifs is 4. The fourth-order valence-corrected chi connectivity index (χ4v) is 5.71. The molecule has 0 saturated carbocycles. The van der Waals surface area contributed by atoms with Crippen molar-refractivity contribution >= 4 is 32.8 Å². The smallest absolute Gasteiger partial charge is 0.138 e. The average molecular weight is 526 g/mol. The Morgan fingerprint density at radius 2 is 1.05 bits per heavy atom. The molecule has 0 atom stereocenters. The van der Waals surface area contributed by atoms with Gasteiger partial charge < -0.3 is 0 Å². The number of benzene rings is 3. The number of para-hydroxylation sites is 2. The van der Waals surface area contributed by atoms with E-state index in [0.717, 1.165) is 72.4 Å². The predicted octanol–water partition coefficient (Wildman–Crippen LogP) is 8.52. The van der Waals surface area contributed by atoms with Gasteiger partial charge in [-0.25, -0.2) is 9.97 Å². The van der Waals surface area contributed by atoms with E-state index in [1.165, 1.54) is 0 Å². The van der Waals surface area contributed by atoms with E-state index in [4.69, 9.17) is 15.0 Å². The molecule has 8 rings (SSSR count). The van der Waals surface area contributed by atoms with Gasteiger partial charge in [0.25, 0.3) is 0 Å². The van der Waals surface area contributed by atoms with Gasteiger partial charge >= 0.3 is 0 Å². The first-order chi connectivity index (χ1) is 20.3. The monoisotopic (exact) mass is 525 g/mol. The van der Waals surface area contributed by atoms with Crippen molar-refractivity contribution in [3.05, 3.63) is 140 Å². The lowest BCUT2D eigenvalue weighted by molar-refractivity contribution is 1.08. The third-order valence-electron chi connectivity index (χ3n) is 7.53. The minimum absolute atomic E-state index is 0.809. The molecule has 5 heterocycles. The largest absolute Gasteiger partial charge is 0.292 e. The van der Waals surface area contributed by atoms with Crippen LogP contribution in [0.25, 0.3) is 72.4 Å². The van der Waals surface area contributed by atoms with Gasteiger partial charge in [-0.1, -0.05) is 78.9 Å². The van der Waals surface area contributed by atoms with Crippen LogP contribution in [0.4, 0.5) is 0 Å². The summed E-state index contributed by atoms with van der Waals surface area (Å²) in [5, 5.41) is 2.22. The maximum atomic E-state index is 5.12. The van der Waals surface area contributed by atoms with Crippen molar-refractivity contribution in [1.29, 1.82) is 0 Å². The third-order valence-corrected chi connectivity index (χ3v) is 7.53. The van der Waals surface area contributed by atoms with E-state index < -0.39 is 0 Å². The van der Waals surface area contributed by atoms with Gasteiger partial charge in [0.05, 0.1) is 39.1 Å². The van der Waals surface area contributed by atoms with E-state index in [2.05, 4.69) is 94.5 Å². The first-order valence-corrected chi connectivity index (χ1v) is 13.6. The summed E-state index contributed by atoms with van der Waals surface area (Å²) in [5.41, 5.74) is 9.80. The molecule has 8 aromatic rings. The van der Waals surface area contributed by atoms with Gasteiger partial charge in [-0.3, -0.25) is 14.5 Å². The fourth-order valence-electron chi connectivity index (χ4n) is 5.71. The summed E-state index contributed by atoms with van der Waals surface area (Å²) in [5.74, 6) is 0.830. The van der Waals surface area contributed by atoms with Crippen LogP contribution in [0.15, 0.2) is 140 Å². The Morgan fingerprint density at radius 1 is 0.415 bits per heavy atom. The van der Waals surface area contributed by atoms with Gasteiger partial charge in [-0.15, -0.1) is 0 Å². The highest BCUT2D eigenvalue weighted by Gasteiger charge is 2.16. The Hall–Kier alpha value is -5.68. The number of nitrogens with zero attached hydrogens (tertiary/aromatic N) is 5. The zero-order valence-electron chi connectivity index (χ0n) is 22.0. The van der Waals surface area contributed by atoms with Crippen molar-refractivity contribution in [2.24, 2.45) is 0 Å². The topological polar surface area (TPSA) is 56.5 Å². The number of hydrogen-bond donors (Lipinski definition) is 0. The van der Waals surface area contributed by atoms with Gasteiger partial charge in [-0.2, -0.15) is 0 Å². The molecule has 5 nitrogen and oxygen atoms in total. The van der Waals surface area contributed by atoms with E-state index in [1.54, 1.807) is 0 Å². The molecule has 0 fully saturated rings. The van der Waals surface area contributed by atoms with Crippen LogP contribution in [0.1, 0.15) is 0 Å². The van der Waals surface area contributed by atoms with Gasteiger partial charge in [0, 0.05) is 34.3 Å². The lowest BCUT2D eigenvalue weighted by Gasteiger charge is -2.13. The summed E-state index contributed by atoms with van der Waals surface area (Å²) < 4.78 is 2.17. The number of hydrogen-bond acceptors (Lipinski definition) is 4. The third kappa shape index (κ3) is 3.86. The van der Waals surface area contributed by atoms with Crippen molar-refractivity contribution in [3.8, 4) is 39.6 Å². The van der Waals surface area contributed by atoms with E-state index in [-0.39, 0.29) is 0 Å². The Balaban J connectivity index is 1.26. The second-order valence-corrected chi connectivity index (χ2v) is 9.94. The summed E-state index contributed by atoms with van der Waals surface area (Å²) in [6.07, 6.45) is 3.68. The van der Waals surface area contributed by atoms with Gasteiger partial charge in [0.2, 0.25) is 0 Å². The molecule has 0 saturated heterocycles. The molecule has 5 heteroatoms. The zero-order valence-corrected chi connectivity index (χ0v) is 22.0. The molecule has 0 radical (unpaired) electrons. The van der Waals surface area contributed by atoms with Crippen LogP contribution >= 0.6 is 0 Å². The molecule has 0 unspecified atom stereocenters. The molecule has 192 valence electrons. The van der Waals surface area contributed by atoms with E-state index >= 15 is 0 Å². The molecule has 41 heavy (non-hydrogen) atoms. The van der Waals surface area contributed by atoms with Gasteiger partial charge in [0.1, 0.15) is 5.82 Å². The SMILES string of the molecule is c1cc(-c2cccc(-n3c4ccccc4c4ncccc43)n2)nc(-c2ccccc2-c2cccc3cccnc23)c1. The molecule has 0 aliphatic heterocycles. The second-order valence-electron chi connectivity index (χ2n) is 9.94. The van der Waals surface area contributed by atoms with Crippen LogP contribution < -0.4 is 0 Å². The molecule has 0 spiro atoms. The highest BCUT2D eigenvalue weighted by Crippen LogP contribution is 2.36. The lowest BCUT2D eigenvalue weighted by Crippen LogP contribution is -1.99. The zero-order chi connectivity index (χ0) is 27.2.